The van der Waals surface area contributed by atoms with E-state index in [0.717, 1.165) is 11.3 Å². The molecule has 1 aliphatic rings. The van der Waals surface area contributed by atoms with Gasteiger partial charge in [-0.15, -0.1) is 11.3 Å². The van der Waals surface area contributed by atoms with Crippen molar-refractivity contribution in [2.45, 2.75) is 24.5 Å². The first-order chi connectivity index (χ1) is 8.86. The minimum atomic E-state index is -3.54. The van der Waals surface area contributed by atoms with Crippen molar-refractivity contribution in [3.05, 3.63) is 17.0 Å². The smallest absolute Gasteiger partial charge is 0.308 e. The maximum Gasteiger partial charge on any atom is 0.308 e. The molecule has 0 amide bonds. The number of nitrogens with zero attached hydrogens (tertiary/aromatic N) is 1. The summed E-state index contributed by atoms with van der Waals surface area (Å²) < 4.78 is 26.4. The van der Waals surface area contributed by atoms with Crippen molar-refractivity contribution in [2.24, 2.45) is 11.8 Å². The van der Waals surface area contributed by atoms with Gasteiger partial charge < -0.3 is 5.11 Å². The summed E-state index contributed by atoms with van der Waals surface area (Å²) in [6, 6.07) is 3.42. The van der Waals surface area contributed by atoms with Crippen molar-refractivity contribution >= 4 is 27.3 Å². The highest BCUT2D eigenvalue weighted by Gasteiger charge is 2.41. The Morgan fingerprint density at radius 2 is 2.16 bits per heavy atom. The number of carbonyl (C=O) groups is 1. The number of carboxylic acids is 1. The molecule has 1 fully saturated rings. The van der Waals surface area contributed by atoms with Gasteiger partial charge in [0.05, 0.1) is 5.92 Å². The van der Waals surface area contributed by atoms with Gasteiger partial charge in [0.2, 0.25) is 0 Å². The molecule has 0 saturated carbocycles. The first kappa shape index (κ1) is 14.5. The number of carboxylic acid groups (broad SMARTS) is 1. The van der Waals surface area contributed by atoms with Gasteiger partial charge in [-0.3, -0.25) is 4.79 Å². The van der Waals surface area contributed by atoms with Crippen LogP contribution in [0.3, 0.4) is 0 Å². The largest absolute Gasteiger partial charge is 0.481 e. The third kappa shape index (κ3) is 2.68. The van der Waals surface area contributed by atoms with E-state index < -0.39 is 21.9 Å². The summed E-state index contributed by atoms with van der Waals surface area (Å²) in [5.74, 6) is -1.69. The van der Waals surface area contributed by atoms with E-state index >= 15 is 0 Å². The van der Waals surface area contributed by atoms with Crippen molar-refractivity contribution < 1.29 is 18.3 Å². The molecule has 1 saturated heterocycles. The molecule has 0 bridgehead atoms. The first-order valence-corrected chi connectivity index (χ1v) is 8.43. The number of aliphatic carboxylic acids is 1. The second-order valence-electron chi connectivity index (χ2n) is 4.82. The van der Waals surface area contributed by atoms with Crippen LogP contribution in [0.1, 0.15) is 18.7 Å². The van der Waals surface area contributed by atoms with Gasteiger partial charge in [-0.05, 0) is 24.5 Å². The second-order valence-corrected chi connectivity index (χ2v) is 8.15. The molecule has 1 aliphatic heterocycles. The summed E-state index contributed by atoms with van der Waals surface area (Å²) in [6.45, 7) is 4.09. The van der Waals surface area contributed by atoms with Crippen LogP contribution in [0.15, 0.2) is 16.3 Å². The van der Waals surface area contributed by atoms with Crippen LogP contribution in [-0.4, -0.2) is 36.9 Å². The average molecular weight is 303 g/mol. The molecule has 5 nitrogen and oxygen atoms in total. The lowest BCUT2D eigenvalue weighted by molar-refractivity contribution is -0.142. The van der Waals surface area contributed by atoms with Gasteiger partial charge in [0.25, 0.3) is 10.0 Å². The highest BCUT2D eigenvalue weighted by Crippen LogP contribution is 2.31. The fourth-order valence-corrected chi connectivity index (χ4v) is 5.27. The molecule has 1 N–H and O–H groups in total. The lowest BCUT2D eigenvalue weighted by Crippen LogP contribution is -2.29. The molecule has 0 aromatic carbocycles. The molecule has 2 unspecified atom stereocenters. The zero-order valence-corrected chi connectivity index (χ0v) is 12.5. The van der Waals surface area contributed by atoms with Crippen LogP contribution in [0.4, 0.5) is 0 Å². The molecule has 106 valence electrons. The molecule has 0 spiro atoms. The fraction of sp³-hybridized carbons (Fsp3) is 0.583. The van der Waals surface area contributed by atoms with Crippen LogP contribution >= 0.6 is 11.3 Å². The Morgan fingerprint density at radius 3 is 2.63 bits per heavy atom. The fourth-order valence-electron chi connectivity index (χ4n) is 2.25. The predicted molar refractivity (Wildman–Crippen MR) is 72.7 cm³/mol. The SMILES string of the molecule is CCc1ccc(S(=O)(=O)N2CC(C)C(C(=O)O)C2)s1. The van der Waals surface area contributed by atoms with Crippen LogP contribution in [0.25, 0.3) is 0 Å². The van der Waals surface area contributed by atoms with E-state index in [9.17, 15) is 13.2 Å². The van der Waals surface area contributed by atoms with Gasteiger partial charge in [0.15, 0.2) is 0 Å². The Labute approximate surface area is 116 Å². The van der Waals surface area contributed by atoms with Gasteiger partial charge >= 0.3 is 5.97 Å². The molecule has 1 aromatic heterocycles. The number of hydrogen-bond acceptors (Lipinski definition) is 4. The van der Waals surface area contributed by atoms with Crippen molar-refractivity contribution in [2.75, 3.05) is 13.1 Å². The monoisotopic (exact) mass is 303 g/mol. The van der Waals surface area contributed by atoms with Crippen LogP contribution in [0.5, 0.6) is 0 Å². The van der Waals surface area contributed by atoms with Crippen molar-refractivity contribution in [1.82, 2.24) is 4.31 Å². The van der Waals surface area contributed by atoms with E-state index in [1.54, 1.807) is 13.0 Å². The molecule has 2 heterocycles. The summed E-state index contributed by atoms with van der Waals surface area (Å²) in [4.78, 5) is 12.1. The summed E-state index contributed by atoms with van der Waals surface area (Å²) >= 11 is 1.26. The minimum absolute atomic E-state index is 0.0677. The van der Waals surface area contributed by atoms with E-state index in [2.05, 4.69) is 0 Å². The zero-order chi connectivity index (χ0) is 14.2. The highest BCUT2D eigenvalue weighted by atomic mass is 32.2. The Hall–Kier alpha value is -0.920. The van der Waals surface area contributed by atoms with Gasteiger partial charge in [-0.1, -0.05) is 13.8 Å². The summed E-state index contributed by atoms with van der Waals surface area (Å²) in [7, 11) is -3.54. The Bertz CT molecular complexity index is 578. The topological polar surface area (TPSA) is 74.7 Å². The molecule has 0 radical (unpaired) electrons. The van der Waals surface area contributed by atoms with Gasteiger partial charge in [-0.2, -0.15) is 4.31 Å². The zero-order valence-electron chi connectivity index (χ0n) is 10.9. The van der Waals surface area contributed by atoms with E-state index in [1.807, 2.05) is 13.0 Å². The van der Waals surface area contributed by atoms with Crippen molar-refractivity contribution in [3.63, 3.8) is 0 Å². The summed E-state index contributed by atoms with van der Waals surface area (Å²) in [5, 5.41) is 9.06. The summed E-state index contributed by atoms with van der Waals surface area (Å²) in [6.07, 6.45) is 0.800. The lowest BCUT2D eigenvalue weighted by atomic mass is 9.99. The molecular weight excluding hydrogens is 286 g/mol. The van der Waals surface area contributed by atoms with Crippen molar-refractivity contribution in [1.29, 1.82) is 0 Å². The quantitative estimate of drug-likeness (QED) is 0.918. The molecule has 2 rings (SSSR count). The Balaban J connectivity index is 2.24. The lowest BCUT2D eigenvalue weighted by Gasteiger charge is -2.14. The highest BCUT2D eigenvalue weighted by molar-refractivity contribution is 7.91. The number of sulfonamides is 1. The summed E-state index contributed by atoms with van der Waals surface area (Å²) in [5.41, 5.74) is 0. The number of hydrogen-bond donors (Lipinski definition) is 1. The van der Waals surface area contributed by atoms with Gasteiger partial charge in [-0.25, -0.2) is 8.42 Å². The van der Waals surface area contributed by atoms with E-state index in [-0.39, 0.29) is 19.0 Å². The molecule has 19 heavy (non-hydrogen) atoms. The van der Waals surface area contributed by atoms with Crippen LogP contribution in [0, 0.1) is 11.8 Å². The third-order valence-corrected chi connectivity index (χ3v) is 7.00. The maximum atomic E-state index is 12.4. The van der Waals surface area contributed by atoms with E-state index in [0.29, 0.717) is 4.21 Å². The number of aryl methyl sites for hydroxylation is 1. The normalized spacial score (nSPS) is 24.7. The predicted octanol–water partition coefficient (Wildman–Crippen LogP) is 1.65. The maximum absolute atomic E-state index is 12.4. The Morgan fingerprint density at radius 1 is 1.47 bits per heavy atom. The minimum Gasteiger partial charge on any atom is -0.481 e. The first-order valence-electron chi connectivity index (χ1n) is 6.18. The van der Waals surface area contributed by atoms with Crippen molar-refractivity contribution in [3.8, 4) is 0 Å². The van der Waals surface area contributed by atoms with Gasteiger partial charge in [0.1, 0.15) is 4.21 Å². The van der Waals surface area contributed by atoms with E-state index in [1.165, 1.54) is 15.6 Å². The third-order valence-electron chi connectivity index (χ3n) is 3.48. The molecule has 7 heteroatoms. The molecule has 0 aliphatic carbocycles. The number of thiophene rings is 1. The molecular formula is C12H17NO4S2. The van der Waals surface area contributed by atoms with E-state index in [4.69, 9.17) is 5.11 Å². The second kappa shape index (κ2) is 5.22. The average Bonchev–Trinajstić information content (AvgIpc) is 2.95. The van der Waals surface area contributed by atoms with Crippen LogP contribution < -0.4 is 0 Å². The number of rotatable bonds is 4. The van der Waals surface area contributed by atoms with Crippen LogP contribution in [0.2, 0.25) is 0 Å². The van der Waals surface area contributed by atoms with Crippen LogP contribution in [-0.2, 0) is 21.2 Å². The molecule has 1 aromatic rings. The standard InChI is InChI=1S/C12H17NO4S2/c1-3-9-4-5-11(18-9)19(16,17)13-6-8(2)10(7-13)12(14)15/h4-5,8,10H,3,6-7H2,1-2H3,(H,14,15). The Kier molecular flexibility index (Phi) is 3.98. The van der Waals surface area contributed by atoms with Gasteiger partial charge in [0, 0.05) is 18.0 Å². The molecule has 2 atom stereocenters.